The first-order chi connectivity index (χ1) is 7.67. The SMILES string of the molecule is CCC(CC)CN[C@H](C)c1ccc(Cl)cc1. The molecular weight excluding hydrogens is 218 g/mol. The van der Waals surface area contributed by atoms with E-state index < -0.39 is 0 Å². The van der Waals surface area contributed by atoms with Crippen LogP contribution in [0, 0.1) is 5.92 Å². The number of benzene rings is 1. The van der Waals surface area contributed by atoms with E-state index in [1.165, 1.54) is 18.4 Å². The van der Waals surface area contributed by atoms with Crippen molar-refractivity contribution in [3.8, 4) is 0 Å². The lowest BCUT2D eigenvalue weighted by molar-refractivity contribution is 0.422. The second-order valence-corrected chi connectivity index (χ2v) is 4.80. The molecule has 0 saturated heterocycles. The molecule has 1 aromatic carbocycles. The normalized spacial score (nSPS) is 13.1. The van der Waals surface area contributed by atoms with Gasteiger partial charge in [0.05, 0.1) is 0 Å². The van der Waals surface area contributed by atoms with Gasteiger partial charge in [-0.15, -0.1) is 0 Å². The molecule has 0 unspecified atom stereocenters. The summed E-state index contributed by atoms with van der Waals surface area (Å²) < 4.78 is 0. The summed E-state index contributed by atoms with van der Waals surface area (Å²) in [5.74, 6) is 0.787. The van der Waals surface area contributed by atoms with E-state index in [1.807, 2.05) is 12.1 Å². The van der Waals surface area contributed by atoms with Gasteiger partial charge in [0.15, 0.2) is 0 Å². The third-order valence-electron chi connectivity index (χ3n) is 3.24. The molecule has 0 spiro atoms. The molecule has 0 saturated carbocycles. The zero-order valence-electron chi connectivity index (χ0n) is 10.5. The van der Waals surface area contributed by atoms with Gasteiger partial charge in [0.2, 0.25) is 0 Å². The Balaban J connectivity index is 2.46. The van der Waals surface area contributed by atoms with E-state index >= 15 is 0 Å². The summed E-state index contributed by atoms with van der Waals surface area (Å²) in [5.41, 5.74) is 1.30. The largest absolute Gasteiger partial charge is 0.310 e. The van der Waals surface area contributed by atoms with Gasteiger partial charge in [-0.25, -0.2) is 0 Å². The van der Waals surface area contributed by atoms with E-state index in [-0.39, 0.29) is 0 Å². The molecule has 0 amide bonds. The van der Waals surface area contributed by atoms with Crippen LogP contribution >= 0.6 is 11.6 Å². The fraction of sp³-hybridized carbons (Fsp3) is 0.571. The zero-order chi connectivity index (χ0) is 12.0. The number of halogens is 1. The topological polar surface area (TPSA) is 12.0 Å². The van der Waals surface area contributed by atoms with Gasteiger partial charge >= 0.3 is 0 Å². The van der Waals surface area contributed by atoms with E-state index in [2.05, 4.69) is 38.2 Å². The molecule has 2 heteroatoms. The van der Waals surface area contributed by atoms with E-state index in [0.29, 0.717) is 6.04 Å². The van der Waals surface area contributed by atoms with Crippen LogP contribution < -0.4 is 5.32 Å². The molecule has 90 valence electrons. The molecule has 0 radical (unpaired) electrons. The van der Waals surface area contributed by atoms with Crippen molar-refractivity contribution >= 4 is 11.6 Å². The van der Waals surface area contributed by atoms with Crippen LogP contribution in [0.1, 0.15) is 45.2 Å². The highest BCUT2D eigenvalue weighted by Crippen LogP contribution is 2.16. The van der Waals surface area contributed by atoms with Crippen LogP contribution in [-0.2, 0) is 0 Å². The Bertz CT molecular complexity index is 290. The highest BCUT2D eigenvalue weighted by molar-refractivity contribution is 6.30. The van der Waals surface area contributed by atoms with Gasteiger partial charge in [-0.2, -0.15) is 0 Å². The average molecular weight is 240 g/mol. The van der Waals surface area contributed by atoms with Crippen molar-refractivity contribution < 1.29 is 0 Å². The Labute approximate surface area is 104 Å². The van der Waals surface area contributed by atoms with E-state index in [9.17, 15) is 0 Å². The van der Waals surface area contributed by atoms with Gasteiger partial charge < -0.3 is 5.32 Å². The van der Waals surface area contributed by atoms with Crippen LogP contribution in [0.25, 0.3) is 0 Å². The summed E-state index contributed by atoms with van der Waals surface area (Å²) in [6.45, 7) is 7.80. The van der Waals surface area contributed by atoms with Gasteiger partial charge in [-0.1, -0.05) is 50.4 Å². The van der Waals surface area contributed by atoms with Gasteiger partial charge in [0.1, 0.15) is 0 Å². The minimum atomic E-state index is 0.401. The lowest BCUT2D eigenvalue weighted by atomic mass is 10.0. The molecule has 1 nitrogen and oxygen atoms in total. The van der Waals surface area contributed by atoms with Crippen LogP contribution in [0.15, 0.2) is 24.3 Å². The van der Waals surface area contributed by atoms with Crippen LogP contribution in [-0.4, -0.2) is 6.54 Å². The van der Waals surface area contributed by atoms with Crippen LogP contribution in [0.2, 0.25) is 5.02 Å². The standard InChI is InChI=1S/C14H22ClN/c1-4-12(5-2)10-16-11(3)13-6-8-14(15)9-7-13/h6-9,11-12,16H,4-5,10H2,1-3H3/t11-/m1/s1. The summed E-state index contributed by atoms with van der Waals surface area (Å²) in [6, 6.07) is 8.48. The van der Waals surface area contributed by atoms with Crippen molar-refractivity contribution in [2.45, 2.75) is 39.7 Å². The third-order valence-corrected chi connectivity index (χ3v) is 3.49. The molecule has 1 N–H and O–H groups in total. The molecule has 1 atom stereocenters. The molecule has 16 heavy (non-hydrogen) atoms. The molecule has 1 rings (SSSR count). The lowest BCUT2D eigenvalue weighted by Crippen LogP contribution is -2.25. The Kier molecular flexibility index (Phi) is 5.86. The highest BCUT2D eigenvalue weighted by atomic mass is 35.5. The minimum absolute atomic E-state index is 0.401. The zero-order valence-corrected chi connectivity index (χ0v) is 11.2. The summed E-state index contributed by atoms with van der Waals surface area (Å²) in [6.07, 6.45) is 2.49. The van der Waals surface area contributed by atoms with Gasteiger partial charge in [-0.3, -0.25) is 0 Å². The van der Waals surface area contributed by atoms with Crippen molar-refractivity contribution in [2.75, 3.05) is 6.54 Å². The number of rotatable bonds is 6. The quantitative estimate of drug-likeness (QED) is 0.775. The Morgan fingerprint density at radius 1 is 1.12 bits per heavy atom. The first kappa shape index (κ1) is 13.5. The molecule has 0 aliphatic carbocycles. The highest BCUT2D eigenvalue weighted by Gasteiger charge is 2.07. The lowest BCUT2D eigenvalue weighted by Gasteiger charge is -2.18. The Morgan fingerprint density at radius 3 is 2.19 bits per heavy atom. The second-order valence-electron chi connectivity index (χ2n) is 4.36. The van der Waals surface area contributed by atoms with Crippen molar-refractivity contribution in [3.63, 3.8) is 0 Å². The van der Waals surface area contributed by atoms with Crippen molar-refractivity contribution in [2.24, 2.45) is 5.92 Å². The van der Waals surface area contributed by atoms with Crippen molar-refractivity contribution in [3.05, 3.63) is 34.9 Å². The molecule has 1 aromatic rings. The van der Waals surface area contributed by atoms with E-state index in [1.54, 1.807) is 0 Å². The fourth-order valence-electron chi connectivity index (χ4n) is 1.79. The predicted octanol–water partition coefficient (Wildman–Crippen LogP) is 4.43. The predicted molar refractivity (Wildman–Crippen MR) is 71.9 cm³/mol. The monoisotopic (exact) mass is 239 g/mol. The molecule has 0 aliphatic rings. The van der Waals surface area contributed by atoms with Gasteiger partial charge in [-0.05, 0) is 37.1 Å². The second kappa shape index (κ2) is 6.93. The summed E-state index contributed by atoms with van der Waals surface area (Å²) in [7, 11) is 0. The van der Waals surface area contributed by atoms with Crippen LogP contribution in [0.5, 0.6) is 0 Å². The first-order valence-electron chi connectivity index (χ1n) is 6.16. The first-order valence-corrected chi connectivity index (χ1v) is 6.54. The number of nitrogens with one attached hydrogen (secondary N) is 1. The van der Waals surface area contributed by atoms with Crippen molar-refractivity contribution in [1.82, 2.24) is 5.32 Å². The maximum Gasteiger partial charge on any atom is 0.0406 e. The number of hydrogen-bond acceptors (Lipinski definition) is 1. The van der Waals surface area contributed by atoms with Crippen LogP contribution in [0.3, 0.4) is 0 Å². The fourth-order valence-corrected chi connectivity index (χ4v) is 1.92. The maximum absolute atomic E-state index is 5.87. The Hall–Kier alpha value is -0.530. The van der Waals surface area contributed by atoms with Crippen LogP contribution in [0.4, 0.5) is 0 Å². The van der Waals surface area contributed by atoms with E-state index in [0.717, 1.165) is 17.5 Å². The summed E-state index contributed by atoms with van der Waals surface area (Å²) in [4.78, 5) is 0. The van der Waals surface area contributed by atoms with Crippen molar-refractivity contribution in [1.29, 1.82) is 0 Å². The molecule has 0 bridgehead atoms. The van der Waals surface area contributed by atoms with E-state index in [4.69, 9.17) is 11.6 Å². The average Bonchev–Trinajstić information content (AvgIpc) is 2.31. The summed E-state index contributed by atoms with van der Waals surface area (Å²) in [5, 5.41) is 4.38. The number of hydrogen-bond donors (Lipinski definition) is 1. The molecule has 0 aliphatic heterocycles. The molecule has 0 heterocycles. The van der Waals surface area contributed by atoms with Gasteiger partial charge in [0, 0.05) is 11.1 Å². The van der Waals surface area contributed by atoms with Gasteiger partial charge in [0.25, 0.3) is 0 Å². The maximum atomic E-state index is 5.87. The molecule has 0 aromatic heterocycles. The molecular formula is C14H22ClN. The smallest absolute Gasteiger partial charge is 0.0406 e. The third kappa shape index (κ3) is 4.15. The molecule has 0 fully saturated rings. The minimum Gasteiger partial charge on any atom is -0.310 e. The summed E-state index contributed by atoms with van der Waals surface area (Å²) >= 11 is 5.87. The Morgan fingerprint density at radius 2 is 1.69 bits per heavy atom.